The SMILES string of the molecule is [C-]#[N+]c1ccccc1-c1ccc2c3ccc(-c4ccccc4C#N)cc3n(-c3ccc(-c4ccc5c(c4)c4ccccc4n5-c4ccccc4)cc3-c3nc(-c4ccccc4)nc(-c4ccccc4)n3)c2c1. The second kappa shape index (κ2) is 17.4. The number of nitriles is 1. The monoisotopic (exact) mass is 917 g/mol. The van der Waals surface area contributed by atoms with Crippen LogP contribution in [0, 0.1) is 17.9 Å². The fourth-order valence-corrected chi connectivity index (χ4v) is 10.3. The predicted octanol–water partition coefficient (Wildman–Crippen LogP) is 16.5. The van der Waals surface area contributed by atoms with Gasteiger partial charge in [-0.05, 0) is 94.0 Å². The molecule has 0 atom stereocenters. The molecule has 0 saturated carbocycles. The Balaban J connectivity index is 1.12. The van der Waals surface area contributed by atoms with Crippen LogP contribution < -0.4 is 0 Å². The molecular weight excluding hydrogens is 879 g/mol. The molecule has 13 rings (SSSR count). The number of benzene rings is 10. The zero-order valence-electron chi connectivity index (χ0n) is 38.6. The molecule has 0 unspecified atom stereocenters. The Bertz CT molecular complexity index is 4180. The van der Waals surface area contributed by atoms with Crippen LogP contribution in [-0.2, 0) is 0 Å². The van der Waals surface area contributed by atoms with Crippen molar-refractivity contribution >= 4 is 49.3 Å². The molecule has 7 nitrogen and oxygen atoms in total. The Hall–Kier alpha value is -10.2. The first kappa shape index (κ1) is 41.9. The van der Waals surface area contributed by atoms with E-state index in [0.717, 1.165) is 99.7 Å². The Morgan fingerprint density at radius 3 is 1.56 bits per heavy atom. The largest absolute Gasteiger partial charge is 0.309 e. The van der Waals surface area contributed by atoms with Crippen LogP contribution in [-0.4, -0.2) is 24.1 Å². The van der Waals surface area contributed by atoms with E-state index in [1.54, 1.807) is 0 Å². The molecule has 3 aromatic heterocycles. The Morgan fingerprint density at radius 2 is 0.875 bits per heavy atom. The normalized spacial score (nSPS) is 11.3. The van der Waals surface area contributed by atoms with Gasteiger partial charge in [0.1, 0.15) is 0 Å². The Labute approximate surface area is 415 Å². The van der Waals surface area contributed by atoms with Crippen molar-refractivity contribution in [1.82, 2.24) is 24.1 Å². The van der Waals surface area contributed by atoms with Crippen LogP contribution in [0.1, 0.15) is 5.56 Å². The van der Waals surface area contributed by atoms with Gasteiger partial charge in [0.15, 0.2) is 23.2 Å². The van der Waals surface area contributed by atoms with Gasteiger partial charge in [-0.25, -0.2) is 19.8 Å². The average molecular weight is 918 g/mol. The van der Waals surface area contributed by atoms with Crippen molar-refractivity contribution in [3.63, 3.8) is 0 Å². The summed E-state index contributed by atoms with van der Waals surface area (Å²) in [5.41, 5.74) is 15.4. The molecule has 0 amide bonds. The first-order valence-electron chi connectivity index (χ1n) is 23.8. The molecule has 10 aromatic carbocycles. The third kappa shape index (κ3) is 7.08. The van der Waals surface area contributed by atoms with Gasteiger partial charge < -0.3 is 9.13 Å². The van der Waals surface area contributed by atoms with Gasteiger partial charge in [0.25, 0.3) is 0 Å². The fourth-order valence-electron chi connectivity index (χ4n) is 10.3. The zero-order chi connectivity index (χ0) is 48.1. The molecule has 0 spiro atoms. The van der Waals surface area contributed by atoms with Crippen molar-refractivity contribution in [2.75, 3.05) is 0 Å². The van der Waals surface area contributed by atoms with Crippen LogP contribution in [0.2, 0.25) is 0 Å². The molecule has 0 fully saturated rings. The molecular formula is C65H39N7. The maximum absolute atomic E-state index is 10.3. The van der Waals surface area contributed by atoms with Crippen LogP contribution >= 0.6 is 0 Å². The summed E-state index contributed by atoms with van der Waals surface area (Å²) in [4.78, 5) is 19.7. The van der Waals surface area contributed by atoms with E-state index in [9.17, 15) is 5.26 Å². The van der Waals surface area contributed by atoms with E-state index < -0.39 is 0 Å². The van der Waals surface area contributed by atoms with Gasteiger partial charge in [0, 0.05) is 43.9 Å². The van der Waals surface area contributed by atoms with Gasteiger partial charge in [0.05, 0.1) is 46.0 Å². The van der Waals surface area contributed by atoms with Crippen molar-refractivity contribution in [2.45, 2.75) is 0 Å². The highest BCUT2D eigenvalue weighted by Gasteiger charge is 2.23. The molecule has 72 heavy (non-hydrogen) atoms. The summed E-state index contributed by atoms with van der Waals surface area (Å²) < 4.78 is 4.64. The van der Waals surface area contributed by atoms with E-state index >= 15 is 0 Å². The summed E-state index contributed by atoms with van der Waals surface area (Å²) >= 11 is 0. The minimum Gasteiger partial charge on any atom is -0.309 e. The van der Waals surface area contributed by atoms with Crippen LogP contribution in [0.15, 0.2) is 237 Å². The summed E-state index contributed by atoms with van der Waals surface area (Å²) in [6, 6.07) is 83.4. The smallest absolute Gasteiger partial charge is 0.194 e. The molecule has 0 aliphatic heterocycles. The minimum atomic E-state index is 0.511. The summed E-state index contributed by atoms with van der Waals surface area (Å²) in [5, 5.41) is 14.7. The molecule has 0 N–H and O–H groups in total. The fraction of sp³-hybridized carbons (Fsp3) is 0. The van der Waals surface area contributed by atoms with E-state index in [2.05, 4.69) is 147 Å². The number of hydrogen-bond acceptors (Lipinski definition) is 4. The number of para-hydroxylation sites is 3. The minimum absolute atomic E-state index is 0.511. The number of fused-ring (bicyclic) bond motifs is 6. The second-order valence-electron chi connectivity index (χ2n) is 17.8. The number of rotatable bonds is 8. The standard InChI is InChI=1S/C65H39N7/c1-67-57-27-15-13-25-51(57)47-30-34-54-53-33-29-46(50-24-12-11-21-48(50)41-66)39-61(53)72(62(54)40-47)60-36-32-45(44-31-35-59-55(37-44)52-26-14-16-28-58(52)71(59)49-22-9-4-10-23-49)38-56(60)65-69-63(42-17-5-2-6-18-42)68-64(70-65)43-19-7-3-8-20-43/h2-40H. The van der Waals surface area contributed by atoms with Gasteiger partial charge in [-0.15, -0.1) is 0 Å². The first-order valence-corrected chi connectivity index (χ1v) is 23.8. The van der Waals surface area contributed by atoms with Gasteiger partial charge in [-0.3, -0.25) is 0 Å². The second-order valence-corrected chi connectivity index (χ2v) is 17.8. The van der Waals surface area contributed by atoms with E-state index in [0.29, 0.717) is 28.7 Å². The van der Waals surface area contributed by atoms with Gasteiger partial charge >= 0.3 is 0 Å². The van der Waals surface area contributed by atoms with Crippen LogP contribution in [0.3, 0.4) is 0 Å². The maximum atomic E-state index is 10.3. The maximum Gasteiger partial charge on any atom is 0.194 e. The lowest BCUT2D eigenvalue weighted by Crippen LogP contribution is -2.04. The summed E-state index contributed by atoms with van der Waals surface area (Å²) in [6.45, 7) is 8.07. The lowest BCUT2D eigenvalue weighted by Gasteiger charge is -2.17. The van der Waals surface area contributed by atoms with E-state index in [-0.39, 0.29) is 0 Å². The molecule has 0 bridgehead atoms. The first-order chi connectivity index (χ1) is 35.6. The Morgan fingerprint density at radius 1 is 0.361 bits per heavy atom. The topological polar surface area (TPSA) is 76.7 Å². The van der Waals surface area contributed by atoms with Gasteiger partial charge in [-0.1, -0.05) is 176 Å². The third-order valence-electron chi connectivity index (χ3n) is 13.7. The summed E-state index contributed by atoms with van der Waals surface area (Å²) in [6.07, 6.45) is 0. The molecule has 7 heteroatoms. The third-order valence-corrected chi connectivity index (χ3v) is 13.7. The number of aromatic nitrogens is 5. The average Bonchev–Trinajstić information content (AvgIpc) is 3.97. The van der Waals surface area contributed by atoms with Crippen LogP contribution in [0.4, 0.5) is 5.69 Å². The molecule has 334 valence electrons. The number of hydrogen-bond donors (Lipinski definition) is 0. The van der Waals surface area contributed by atoms with Gasteiger partial charge in [-0.2, -0.15) is 5.26 Å². The van der Waals surface area contributed by atoms with Crippen LogP contribution in [0.25, 0.3) is 127 Å². The quantitative estimate of drug-likeness (QED) is 0.142. The lowest BCUT2D eigenvalue weighted by atomic mass is 9.98. The molecule has 13 aromatic rings. The van der Waals surface area contributed by atoms with E-state index in [1.165, 1.54) is 5.39 Å². The Kier molecular flexibility index (Phi) is 10.1. The van der Waals surface area contributed by atoms with Crippen molar-refractivity contribution in [1.29, 1.82) is 5.26 Å². The molecule has 0 radical (unpaired) electrons. The van der Waals surface area contributed by atoms with Crippen molar-refractivity contribution in [3.8, 4) is 85.0 Å². The van der Waals surface area contributed by atoms with Crippen molar-refractivity contribution < 1.29 is 0 Å². The van der Waals surface area contributed by atoms with E-state index in [1.807, 2.05) is 109 Å². The molecule has 0 aliphatic rings. The molecule has 3 heterocycles. The van der Waals surface area contributed by atoms with Crippen LogP contribution in [0.5, 0.6) is 0 Å². The summed E-state index contributed by atoms with van der Waals surface area (Å²) in [5.74, 6) is 1.63. The van der Waals surface area contributed by atoms with Crippen molar-refractivity contribution in [2.24, 2.45) is 0 Å². The lowest BCUT2D eigenvalue weighted by molar-refractivity contribution is 1.06. The highest BCUT2D eigenvalue weighted by molar-refractivity contribution is 6.13. The number of nitrogens with zero attached hydrogens (tertiary/aromatic N) is 7. The molecule has 0 saturated heterocycles. The zero-order valence-corrected chi connectivity index (χ0v) is 38.6. The van der Waals surface area contributed by atoms with Crippen molar-refractivity contribution in [3.05, 3.63) is 254 Å². The predicted molar refractivity (Wildman–Crippen MR) is 292 cm³/mol. The summed E-state index contributed by atoms with van der Waals surface area (Å²) in [7, 11) is 0. The van der Waals surface area contributed by atoms with E-state index in [4.69, 9.17) is 21.5 Å². The van der Waals surface area contributed by atoms with Gasteiger partial charge in [0.2, 0.25) is 0 Å². The molecule has 0 aliphatic carbocycles. The highest BCUT2D eigenvalue weighted by Crippen LogP contribution is 2.43. The highest BCUT2D eigenvalue weighted by atomic mass is 15.1.